The van der Waals surface area contributed by atoms with E-state index in [1.165, 1.54) is 23.2 Å². The number of carbonyl (C=O) groups is 3. The summed E-state index contributed by atoms with van der Waals surface area (Å²) in [6.45, 7) is 5.69. The summed E-state index contributed by atoms with van der Waals surface area (Å²) < 4.78 is 0. The highest BCUT2D eigenvalue weighted by Crippen LogP contribution is 2.31. The van der Waals surface area contributed by atoms with Crippen LogP contribution in [-0.2, 0) is 22.7 Å². The van der Waals surface area contributed by atoms with Crippen molar-refractivity contribution in [2.75, 3.05) is 18.4 Å². The van der Waals surface area contributed by atoms with Crippen LogP contribution in [0.2, 0.25) is 0 Å². The third-order valence-corrected chi connectivity index (χ3v) is 6.37. The summed E-state index contributed by atoms with van der Waals surface area (Å²) in [5, 5.41) is 6.23. The number of imide groups is 1. The van der Waals surface area contributed by atoms with Crippen LogP contribution in [0.3, 0.4) is 0 Å². The van der Waals surface area contributed by atoms with Gasteiger partial charge in [0, 0.05) is 49.5 Å². The molecule has 0 atom stereocenters. The van der Waals surface area contributed by atoms with E-state index >= 15 is 0 Å². The van der Waals surface area contributed by atoms with Gasteiger partial charge in [-0.15, -0.1) is 11.3 Å². The average Bonchev–Trinajstić information content (AvgIpc) is 3.21. The Balaban J connectivity index is 1.36. The molecule has 2 aliphatic heterocycles. The lowest BCUT2D eigenvalue weighted by Gasteiger charge is -2.37. The number of hydrogen-bond donors (Lipinski definition) is 2. The molecule has 2 aromatic heterocycles. The van der Waals surface area contributed by atoms with Gasteiger partial charge in [-0.25, -0.2) is 9.78 Å². The number of nitrogens with one attached hydrogen (secondary N) is 2. The molecule has 158 valence electrons. The molecule has 9 nitrogen and oxygen atoms in total. The van der Waals surface area contributed by atoms with Gasteiger partial charge in [0.25, 0.3) is 5.91 Å². The lowest BCUT2D eigenvalue weighted by molar-refractivity contribution is -0.133. The van der Waals surface area contributed by atoms with Crippen molar-refractivity contribution in [3.63, 3.8) is 0 Å². The van der Waals surface area contributed by atoms with Crippen LogP contribution in [0.5, 0.6) is 0 Å². The minimum absolute atomic E-state index is 0.141. The van der Waals surface area contributed by atoms with Crippen LogP contribution in [-0.4, -0.2) is 56.2 Å². The molecule has 0 radical (unpaired) electrons. The number of piperidine rings is 1. The number of anilines is 1. The second-order valence-electron chi connectivity index (χ2n) is 7.80. The van der Waals surface area contributed by atoms with Gasteiger partial charge in [-0.1, -0.05) is 0 Å². The molecule has 30 heavy (non-hydrogen) atoms. The first-order valence-electron chi connectivity index (χ1n) is 9.85. The number of pyridine rings is 1. The summed E-state index contributed by atoms with van der Waals surface area (Å²) in [7, 11) is 0. The number of thiazole rings is 1. The van der Waals surface area contributed by atoms with E-state index in [4.69, 9.17) is 0 Å². The smallest absolute Gasteiger partial charge is 0.323 e. The van der Waals surface area contributed by atoms with Gasteiger partial charge < -0.3 is 10.6 Å². The van der Waals surface area contributed by atoms with Crippen molar-refractivity contribution in [1.29, 1.82) is 0 Å². The molecule has 2 fully saturated rings. The third kappa shape index (κ3) is 4.19. The molecule has 2 saturated heterocycles. The van der Waals surface area contributed by atoms with Crippen LogP contribution >= 0.6 is 11.3 Å². The Kier molecular flexibility index (Phi) is 5.52. The molecule has 0 unspecified atom stereocenters. The fourth-order valence-electron chi connectivity index (χ4n) is 3.95. The Morgan fingerprint density at radius 2 is 2.03 bits per heavy atom. The molecule has 10 heteroatoms. The van der Waals surface area contributed by atoms with E-state index in [0.29, 0.717) is 37.6 Å². The van der Waals surface area contributed by atoms with E-state index < -0.39 is 5.54 Å². The Labute approximate surface area is 178 Å². The number of rotatable bonds is 5. The number of aryl methyl sites for hydroxylation is 1. The van der Waals surface area contributed by atoms with E-state index in [2.05, 4.69) is 25.5 Å². The van der Waals surface area contributed by atoms with Crippen LogP contribution in [0, 0.1) is 6.92 Å². The van der Waals surface area contributed by atoms with Crippen molar-refractivity contribution in [3.05, 3.63) is 40.7 Å². The van der Waals surface area contributed by atoms with Crippen LogP contribution < -0.4 is 10.6 Å². The van der Waals surface area contributed by atoms with Crippen molar-refractivity contribution in [2.45, 2.75) is 45.3 Å². The van der Waals surface area contributed by atoms with Gasteiger partial charge >= 0.3 is 6.03 Å². The second kappa shape index (κ2) is 8.11. The van der Waals surface area contributed by atoms with Crippen LogP contribution in [0.1, 0.15) is 35.9 Å². The van der Waals surface area contributed by atoms with Crippen LogP contribution in [0.15, 0.2) is 24.5 Å². The van der Waals surface area contributed by atoms with Gasteiger partial charge in [0.1, 0.15) is 5.54 Å². The number of aromatic nitrogens is 2. The Morgan fingerprint density at radius 3 is 2.73 bits per heavy atom. The largest absolute Gasteiger partial charge is 0.325 e. The number of nitrogens with zero attached hydrogens (tertiary/aromatic N) is 4. The summed E-state index contributed by atoms with van der Waals surface area (Å²) in [5.41, 5.74) is 0.929. The number of likely N-dealkylation sites (tertiary alicyclic amines) is 1. The first kappa shape index (κ1) is 20.4. The Bertz CT molecular complexity index is 982. The molecule has 4 amide bonds. The van der Waals surface area contributed by atoms with Crippen molar-refractivity contribution in [3.8, 4) is 0 Å². The predicted octanol–water partition coefficient (Wildman–Crippen LogP) is 1.89. The van der Waals surface area contributed by atoms with Crippen molar-refractivity contribution in [1.82, 2.24) is 25.1 Å². The fourth-order valence-corrected chi connectivity index (χ4v) is 4.85. The van der Waals surface area contributed by atoms with E-state index in [1.54, 1.807) is 12.4 Å². The summed E-state index contributed by atoms with van der Waals surface area (Å²) in [6, 6.07) is 3.38. The quantitative estimate of drug-likeness (QED) is 0.705. The highest BCUT2D eigenvalue weighted by atomic mass is 32.1. The standard InChI is InChI=1S/C20H24N6O3S/c1-13-9-15(3-6-21-13)11-26-17(28)20(24-19(26)29)4-7-25(8-5-20)12-16-10-22-18(30-16)23-14(2)27/h3,6,9-10H,4-5,7-8,11-12H2,1-2H3,(H,24,29)(H,22,23,27). The highest BCUT2D eigenvalue weighted by Gasteiger charge is 2.52. The maximum Gasteiger partial charge on any atom is 0.325 e. The molecule has 4 heterocycles. The molecular formula is C20H24N6O3S. The fraction of sp³-hybridized carbons (Fsp3) is 0.450. The second-order valence-corrected chi connectivity index (χ2v) is 8.91. The number of carbonyl (C=O) groups excluding carboxylic acids is 3. The van der Waals surface area contributed by atoms with Crippen molar-refractivity contribution < 1.29 is 14.4 Å². The van der Waals surface area contributed by atoms with E-state index in [-0.39, 0.29) is 24.4 Å². The molecular weight excluding hydrogens is 404 g/mol. The molecule has 0 aliphatic carbocycles. The Morgan fingerprint density at radius 1 is 1.27 bits per heavy atom. The van der Waals surface area contributed by atoms with E-state index in [9.17, 15) is 14.4 Å². The molecule has 2 N–H and O–H groups in total. The lowest BCUT2D eigenvalue weighted by Crippen LogP contribution is -2.54. The molecule has 0 saturated carbocycles. The van der Waals surface area contributed by atoms with Crippen molar-refractivity contribution >= 4 is 34.3 Å². The normalized spacial score (nSPS) is 18.7. The van der Waals surface area contributed by atoms with Gasteiger partial charge in [0.05, 0.1) is 6.54 Å². The van der Waals surface area contributed by atoms with Crippen molar-refractivity contribution in [2.24, 2.45) is 0 Å². The van der Waals surface area contributed by atoms with E-state index in [1.807, 2.05) is 19.1 Å². The molecule has 0 aromatic carbocycles. The number of hydrogen-bond acceptors (Lipinski definition) is 7. The minimum atomic E-state index is -0.815. The summed E-state index contributed by atoms with van der Waals surface area (Å²) in [4.78, 5) is 49.8. The zero-order valence-electron chi connectivity index (χ0n) is 17.0. The monoisotopic (exact) mass is 428 g/mol. The predicted molar refractivity (Wildman–Crippen MR) is 112 cm³/mol. The third-order valence-electron chi connectivity index (χ3n) is 5.47. The van der Waals surface area contributed by atoms with Gasteiger partial charge in [0.15, 0.2) is 5.13 Å². The average molecular weight is 429 g/mol. The maximum atomic E-state index is 13.1. The SMILES string of the molecule is CC(=O)Nc1ncc(CN2CCC3(CC2)NC(=O)N(Cc2ccnc(C)c2)C3=O)s1. The number of amides is 4. The summed E-state index contributed by atoms with van der Waals surface area (Å²) in [6.07, 6.45) is 4.59. The highest BCUT2D eigenvalue weighted by molar-refractivity contribution is 7.15. The van der Waals surface area contributed by atoms with Gasteiger partial charge in [0.2, 0.25) is 5.91 Å². The van der Waals surface area contributed by atoms with Gasteiger partial charge in [-0.3, -0.25) is 24.4 Å². The molecule has 0 bridgehead atoms. The molecule has 4 rings (SSSR count). The maximum absolute atomic E-state index is 13.1. The first-order chi connectivity index (χ1) is 14.3. The molecule has 1 spiro atoms. The summed E-state index contributed by atoms with van der Waals surface area (Å²) in [5.74, 6) is -0.287. The van der Waals surface area contributed by atoms with E-state index in [0.717, 1.165) is 16.1 Å². The zero-order chi connectivity index (χ0) is 21.3. The topological polar surface area (TPSA) is 108 Å². The van der Waals surface area contributed by atoms with Gasteiger partial charge in [-0.05, 0) is 37.5 Å². The van der Waals surface area contributed by atoms with Crippen LogP contribution in [0.25, 0.3) is 0 Å². The first-order valence-corrected chi connectivity index (χ1v) is 10.7. The zero-order valence-corrected chi connectivity index (χ0v) is 17.8. The minimum Gasteiger partial charge on any atom is -0.323 e. The molecule has 2 aliphatic rings. The molecule has 2 aromatic rings. The van der Waals surface area contributed by atoms with Crippen LogP contribution in [0.4, 0.5) is 9.93 Å². The summed E-state index contributed by atoms with van der Waals surface area (Å²) >= 11 is 1.45. The Hall–Kier alpha value is -2.85. The van der Waals surface area contributed by atoms with Gasteiger partial charge in [-0.2, -0.15) is 0 Å². The number of urea groups is 1. The lowest BCUT2D eigenvalue weighted by atomic mass is 9.87.